The number of hydrogen-bond acceptors (Lipinski definition) is 2. The Morgan fingerprint density at radius 3 is 2.44 bits per heavy atom. The molecule has 2 nitrogen and oxygen atoms in total. The third-order valence-electron chi connectivity index (χ3n) is 3.13. The second-order valence-electron chi connectivity index (χ2n) is 4.37. The zero-order valence-corrected chi connectivity index (χ0v) is 13.3. The molecule has 0 radical (unpaired) electrons. The molecule has 0 saturated carbocycles. The lowest BCUT2D eigenvalue weighted by Gasteiger charge is -2.13. The number of halogens is 1. The standard InChI is InChI=1S/C15H21IO2/c1-3-14(15(17)18-2)13-9-7-12(8-10-13)6-4-5-11-16/h7-10,14H,3-6,11H2,1-2H3/t14-/m1/s1. The molecule has 1 atom stereocenters. The Kier molecular flexibility index (Phi) is 7.32. The van der Waals surface area contributed by atoms with Gasteiger partial charge in [-0.05, 0) is 41.2 Å². The summed E-state index contributed by atoms with van der Waals surface area (Å²) in [4.78, 5) is 11.6. The maximum atomic E-state index is 11.6. The van der Waals surface area contributed by atoms with Crippen molar-refractivity contribution in [2.75, 3.05) is 11.5 Å². The molecule has 18 heavy (non-hydrogen) atoms. The fraction of sp³-hybridized carbons (Fsp3) is 0.533. The number of methoxy groups -OCH3 is 1. The first-order valence-electron chi connectivity index (χ1n) is 6.45. The zero-order valence-electron chi connectivity index (χ0n) is 11.1. The first kappa shape index (κ1) is 15.5. The monoisotopic (exact) mass is 360 g/mol. The van der Waals surface area contributed by atoms with Crippen LogP contribution in [-0.4, -0.2) is 17.5 Å². The second kappa shape index (κ2) is 8.51. The van der Waals surface area contributed by atoms with Crippen LogP contribution in [0.2, 0.25) is 0 Å². The van der Waals surface area contributed by atoms with Crippen LogP contribution >= 0.6 is 22.6 Å². The SMILES string of the molecule is CC[C@@H](C(=O)OC)c1ccc(CCCCI)cc1. The van der Waals surface area contributed by atoms with Crippen LogP contribution in [0.15, 0.2) is 24.3 Å². The zero-order chi connectivity index (χ0) is 13.4. The number of ether oxygens (including phenoxy) is 1. The molecule has 1 rings (SSSR count). The van der Waals surface area contributed by atoms with Gasteiger partial charge in [0.1, 0.15) is 0 Å². The van der Waals surface area contributed by atoms with E-state index in [-0.39, 0.29) is 11.9 Å². The van der Waals surface area contributed by atoms with Gasteiger partial charge in [-0.1, -0.05) is 53.8 Å². The highest BCUT2D eigenvalue weighted by molar-refractivity contribution is 14.1. The summed E-state index contributed by atoms with van der Waals surface area (Å²) in [6, 6.07) is 8.39. The molecule has 0 spiro atoms. The molecule has 0 aliphatic heterocycles. The first-order chi connectivity index (χ1) is 8.72. The third-order valence-corrected chi connectivity index (χ3v) is 3.89. The lowest BCUT2D eigenvalue weighted by atomic mass is 9.95. The summed E-state index contributed by atoms with van der Waals surface area (Å²) in [6.07, 6.45) is 4.40. The minimum absolute atomic E-state index is 0.126. The molecule has 0 aliphatic rings. The minimum atomic E-state index is -0.143. The Morgan fingerprint density at radius 1 is 1.28 bits per heavy atom. The summed E-state index contributed by atoms with van der Waals surface area (Å²) >= 11 is 2.41. The molecule has 1 aromatic rings. The predicted molar refractivity (Wildman–Crippen MR) is 83.3 cm³/mol. The molecule has 1 aromatic carbocycles. The van der Waals surface area contributed by atoms with Gasteiger partial charge in [0.15, 0.2) is 0 Å². The highest BCUT2D eigenvalue weighted by Crippen LogP contribution is 2.21. The third kappa shape index (κ3) is 4.59. The summed E-state index contributed by atoms with van der Waals surface area (Å²) in [5.74, 6) is -0.270. The Labute approximate surface area is 123 Å². The van der Waals surface area contributed by atoms with E-state index in [0.29, 0.717) is 0 Å². The van der Waals surface area contributed by atoms with E-state index in [9.17, 15) is 4.79 Å². The maximum absolute atomic E-state index is 11.6. The van der Waals surface area contributed by atoms with Gasteiger partial charge in [0.2, 0.25) is 0 Å². The number of carbonyl (C=O) groups is 1. The highest BCUT2D eigenvalue weighted by Gasteiger charge is 2.18. The van der Waals surface area contributed by atoms with Gasteiger partial charge in [-0.2, -0.15) is 0 Å². The fourth-order valence-corrected chi connectivity index (χ4v) is 2.56. The van der Waals surface area contributed by atoms with Gasteiger partial charge in [0.25, 0.3) is 0 Å². The van der Waals surface area contributed by atoms with Crippen LogP contribution in [0, 0.1) is 0 Å². The van der Waals surface area contributed by atoms with E-state index < -0.39 is 0 Å². The molecular weight excluding hydrogens is 339 g/mol. The van der Waals surface area contributed by atoms with Crippen molar-refractivity contribution in [3.63, 3.8) is 0 Å². The molecule has 0 aromatic heterocycles. The van der Waals surface area contributed by atoms with E-state index in [1.165, 1.54) is 29.9 Å². The molecule has 0 fully saturated rings. The normalized spacial score (nSPS) is 12.2. The molecule has 0 amide bonds. The number of alkyl halides is 1. The molecule has 0 bridgehead atoms. The first-order valence-corrected chi connectivity index (χ1v) is 7.98. The Balaban J connectivity index is 2.65. The van der Waals surface area contributed by atoms with Crippen LogP contribution in [0.25, 0.3) is 0 Å². The quantitative estimate of drug-likeness (QED) is 0.317. The van der Waals surface area contributed by atoms with Crippen molar-refractivity contribution in [1.82, 2.24) is 0 Å². The van der Waals surface area contributed by atoms with Crippen molar-refractivity contribution in [2.24, 2.45) is 0 Å². The molecular formula is C15H21IO2. The molecule has 0 aliphatic carbocycles. The lowest BCUT2D eigenvalue weighted by Crippen LogP contribution is -2.13. The van der Waals surface area contributed by atoms with Crippen molar-refractivity contribution in [2.45, 2.75) is 38.5 Å². The van der Waals surface area contributed by atoms with Crippen molar-refractivity contribution in [1.29, 1.82) is 0 Å². The van der Waals surface area contributed by atoms with Crippen LogP contribution in [0.1, 0.15) is 43.2 Å². The number of rotatable bonds is 7. The topological polar surface area (TPSA) is 26.3 Å². The predicted octanol–water partition coefficient (Wildman–Crippen LogP) is 4.11. The van der Waals surface area contributed by atoms with E-state index in [0.717, 1.165) is 18.4 Å². The Bertz CT molecular complexity index is 359. The van der Waals surface area contributed by atoms with Crippen LogP contribution in [-0.2, 0) is 16.0 Å². The van der Waals surface area contributed by atoms with Crippen LogP contribution < -0.4 is 0 Å². The number of esters is 1. The van der Waals surface area contributed by atoms with Gasteiger partial charge in [0.05, 0.1) is 13.0 Å². The van der Waals surface area contributed by atoms with E-state index in [1.807, 2.05) is 6.92 Å². The van der Waals surface area contributed by atoms with E-state index in [1.54, 1.807) is 0 Å². The lowest BCUT2D eigenvalue weighted by molar-refractivity contribution is -0.142. The van der Waals surface area contributed by atoms with Crippen molar-refractivity contribution >= 4 is 28.6 Å². The summed E-state index contributed by atoms with van der Waals surface area (Å²) in [5, 5.41) is 0. The molecule has 0 unspecified atom stereocenters. The van der Waals surface area contributed by atoms with Gasteiger partial charge in [-0.15, -0.1) is 0 Å². The molecule has 0 saturated heterocycles. The maximum Gasteiger partial charge on any atom is 0.313 e. The van der Waals surface area contributed by atoms with Gasteiger partial charge < -0.3 is 4.74 Å². The van der Waals surface area contributed by atoms with Gasteiger partial charge in [-0.25, -0.2) is 0 Å². The number of unbranched alkanes of at least 4 members (excludes halogenated alkanes) is 1. The summed E-state index contributed by atoms with van der Waals surface area (Å²) in [7, 11) is 1.45. The summed E-state index contributed by atoms with van der Waals surface area (Å²) in [6.45, 7) is 2.01. The van der Waals surface area contributed by atoms with Gasteiger partial charge >= 0.3 is 5.97 Å². The van der Waals surface area contributed by atoms with E-state index >= 15 is 0 Å². The van der Waals surface area contributed by atoms with Crippen molar-refractivity contribution in [3.05, 3.63) is 35.4 Å². The van der Waals surface area contributed by atoms with Crippen molar-refractivity contribution < 1.29 is 9.53 Å². The number of carbonyl (C=O) groups excluding carboxylic acids is 1. The van der Waals surface area contributed by atoms with Crippen LogP contribution in [0.4, 0.5) is 0 Å². The molecule has 3 heteroatoms. The summed E-state index contributed by atoms with van der Waals surface area (Å²) in [5.41, 5.74) is 2.41. The van der Waals surface area contributed by atoms with E-state index in [2.05, 4.69) is 46.9 Å². The fourth-order valence-electron chi connectivity index (χ4n) is 2.02. The van der Waals surface area contributed by atoms with Crippen molar-refractivity contribution in [3.8, 4) is 0 Å². The van der Waals surface area contributed by atoms with Crippen LogP contribution in [0.3, 0.4) is 0 Å². The average molecular weight is 360 g/mol. The van der Waals surface area contributed by atoms with Crippen LogP contribution in [0.5, 0.6) is 0 Å². The molecule has 0 heterocycles. The Morgan fingerprint density at radius 2 is 1.94 bits per heavy atom. The highest BCUT2D eigenvalue weighted by atomic mass is 127. The minimum Gasteiger partial charge on any atom is -0.469 e. The van der Waals surface area contributed by atoms with Gasteiger partial charge in [-0.3, -0.25) is 4.79 Å². The number of hydrogen-bond donors (Lipinski definition) is 0. The number of aryl methyl sites for hydroxylation is 1. The Hall–Kier alpha value is -0.580. The summed E-state index contributed by atoms with van der Waals surface area (Å²) < 4.78 is 6.05. The number of benzene rings is 1. The second-order valence-corrected chi connectivity index (χ2v) is 5.45. The average Bonchev–Trinajstić information content (AvgIpc) is 2.41. The smallest absolute Gasteiger partial charge is 0.313 e. The van der Waals surface area contributed by atoms with Gasteiger partial charge in [0, 0.05) is 0 Å². The molecule has 100 valence electrons. The molecule has 0 N–H and O–H groups in total. The largest absolute Gasteiger partial charge is 0.469 e. The van der Waals surface area contributed by atoms with E-state index in [4.69, 9.17) is 4.74 Å².